The van der Waals surface area contributed by atoms with E-state index in [0.717, 1.165) is 24.6 Å². The van der Waals surface area contributed by atoms with Crippen LogP contribution in [0.5, 0.6) is 5.75 Å². The van der Waals surface area contributed by atoms with Crippen molar-refractivity contribution < 1.29 is 31.1 Å². The van der Waals surface area contributed by atoms with E-state index in [1.165, 1.54) is 0 Å². The third kappa shape index (κ3) is 6.47. The Morgan fingerprint density at radius 3 is 2.48 bits per heavy atom. The molecule has 0 spiro atoms. The van der Waals surface area contributed by atoms with Crippen molar-refractivity contribution >= 4 is 21.6 Å². The smallest absolute Gasteiger partial charge is 0.416 e. The van der Waals surface area contributed by atoms with Crippen LogP contribution in [-0.4, -0.2) is 27.5 Å². The summed E-state index contributed by atoms with van der Waals surface area (Å²) >= 11 is 0. The predicted molar refractivity (Wildman–Crippen MR) is 102 cm³/mol. The molecule has 0 aliphatic carbocycles. The van der Waals surface area contributed by atoms with E-state index in [-0.39, 0.29) is 0 Å². The van der Waals surface area contributed by atoms with Gasteiger partial charge in [0, 0.05) is 5.69 Å². The molecular formula is C19H21F3N2O4S. The second-order valence-electron chi connectivity index (χ2n) is 6.22. The highest BCUT2D eigenvalue weighted by molar-refractivity contribution is 7.89. The number of carbonyl (C=O) groups is 1. The number of aryl methyl sites for hydroxylation is 1. The zero-order valence-electron chi connectivity index (χ0n) is 15.8. The number of sulfonamides is 1. The number of amides is 1. The van der Waals surface area contributed by atoms with Gasteiger partial charge in [-0.25, -0.2) is 13.1 Å². The van der Waals surface area contributed by atoms with E-state index >= 15 is 0 Å². The molecule has 2 rings (SSSR count). The lowest BCUT2D eigenvalue weighted by molar-refractivity contribution is -0.137. The van der Waals surface area contributed by atoms with Gasteiger partial charge in [0.25, 0.3) is 0 Å². The molecule has 158 valence electrons. The molecule has 2 aromatic rings. The molecule has 2 aromatic carbocycles. The highest BCUT2D eigenvalue weighted by Crippen LogP contribution is 2.30. The molecule has 0 atom stereocenters. The standard InChI is InChI=1S/C19H21F3N2O4S/c1-3-9-28-15-7-8-17(13(2)10-15)24-18(25)12-23-29(26,27)16-6-4-5-14(11-16)19(20,21)22/h4-8,10-11,23H,3,9,12H2,1-2H3,(H,24,25). The Morgan fingerprint density at radius 1 is 1.14 bits per heavy atom. The van der Waals surface area contributed by atoms with Gasteiger partial charge in [-0.1, -0.05) is 13.0 Å². The third-order valence-corrected chi connectivity index (χ3v) is 5.24. The van der Waals surface area contributed by atoms with Gasteiger partial charge in [0.05, 0.1) is 23.6 Å². The van der Waals surface area contributed by atoms with Gasteiger partial charge in [-0.05, 0) is 55.3 Å². The van der Waals surface area contributed by atoms with E-state index in [0.29, 0.717) is 29.7 Å². The molecule has 0 bridgehead atoms. The molecule has 0 radical (unpaired) electrons. The van der Waals surface area contributed by atoms with Crippen LogP contribution in [0.1, 0.15) is 24.5 Å². The second-order valence-corrected chi connectivity index (χ2v) is 7.99. The van der Waals surface area contributed by atoms with E-state index in [9.17, 15) is 26.4 Å². The highest BCUT2D eigenvalue weighted by atomic mass is 32.2. The minimum atomic E-state index is -4.67. The Bertz CT molecular complexity index is 976. The number of nitrogens with one attached hydrogen (secondary N) is 2. The average molecular weight is 430 g/mol. The third-order valence-electron chi connectivity index (χ3n) is 3.84. The van der Waals surface area contributed by atoms with Crippen LogP contribution in [0, 0.1) is 6.92 Å². The van der Waals surface area contributed by atoms with Gasteiger partial charge < -0.3 is 10.1 Å². The Labute approximate surface area is 167 Å². The molecule has 0 saturated carbocycles. The van der Waals surface area contributed by atoms with Gasteiger partial charge in [-0.3, -0.25) is 4.79 Å². The lowest BCUT2D eigenvalue weighted by atomic mass is 10.2. The molecule has 0 unspecified atom stereocenters. The minimum absolute atomic E-state index is 0.470. The maximum Gasteiger partial charge on any atom is 0.416 e. The lowest BCUT2D eigenvalue weighted by Gasteiger charge is -2.12. The van der Waals surface area contributed by atoms with E-state index in [4.69, 9.17) is 4.74 Å². The normalized spacial score (nSPS) is 11.9. The number of hydrogen-bond donors (Lipinski definition) is 2. The molecule has 0 saturated heterocycles. The number of anilines is 1. The summed E-state index contributed by atoms with van der Waals surface area (Å²) in [7, 11) is -4.29. The number of halogens is 3. The molecule has 0 aromatic heterocycles. The van der Waals surface area contributed by atoms with Crippen molar-refractivity contribution in [3.63, 3.8) is 0 Å². The van der Waals surface area contributed by atoms with Crippen molar-refractivity contribution in [2.24, 2.45) is 0 Å². The summed E-state index contributed by atoms with van der Waals surface area (Å²) in [4.78, 5) is 11.5. The fourth-order valence-electron chi connectivity index (χ4n) is 2.36. The maximum atomic E-state index is 12.8. The second kappa shape index (κ2) is 9.27. The van der Waals surface area contributed by atoms with Crippen LogP contribution in [0.3, 0.4) is 0 Å². The number of carbonyl (C=O) groups excluding carboxylic acids is 1. The van der Waals surface area contributed by atoms with Crippen LogP contribution in [0.15, 0.2) is 47.4 Å². The molecule has 0 heterocycles. The van der Waals surface area contributed by atoms with Gasteiger partial charge in [0.15, 0.2) is 0 Å². The van der Waals surface area contributed by atoms with Crippen LogP contribution >= 0.6 is 0 Å². The summed E-state index contributed by atoms with van der Waals surface area (Å²) in [6.07, 6.45) is -3.82. The Kier molecular flexibility index (Phi) is 7.26. The van der Waals surface area contributed by atoms with E-state index in [2.05, 4.69) is 5.32 Å². The first-order chi connectivity index (χ1) is 13.5. The molecule has 0 aliphatic heterocycles. The molecule has 29 heavy (non-hydrogen) atoms. The van der Waals surface area contributed by atoms with E-state index in [1.54, 1.807) is 25.1 Å². The minimum Gasteiger partial charge on any atom is -0.494 e. The topological polar surface area (TPSA) is 84.5 Å². The number of alkyl halides is 3. The van der Waals surface area contributed by atoms with E-state index in [1.807, 2.05) is 11.6 Å². The largest absolute Gasteiger partial charge is 0.494 e. The first-order valence-corrected chi connectivity index (χ1v) is 10.2. The van der Waals surface area contributed by atoms with Crippen LogP contribution in [0.4, 0.5) is 18.9 Å². The number of benzene rings is 2. The molecule has 0 aliphatic rings. The first-order valence-electron chi connectivity index (χ1n) is 8.73. The summed E-state index contributed by atoms with van der Waals surface area (Å²) in [5, 5.41) is 2.55. The number of hydrogen-bond acceptors (Lipinski definition) is 4. The number of ether oxygens (including phenoxy) is 1. The Balaban J connectivity index is 2.01. The van der Waals surface area contributed by atoms with Gasteiger partial charge >= 0.3 is 6.18 Å². The van der Waals surface area contributed by atoms with Crippen LogP contribution in [-0.2, 0) is 21.0 Å². The fourth-order valence-corrected chi connectivity index (χ4v) is 3.39. The van der Waals surface area contributed by atoms with Crippen molar-refractivity contribution in [3.05, 3.63) is 53.6 Å². The Morgan fingerprint density at radius 2 is 1.86 bits per heavy atom. The zero-order valence-corrected chi connectivity index (χ0v) is 16.7. The molecule has 6 nitrogen and oxygen atoms in total. The summed E-state index contributed by atoms with van der Waals surface area (Å²) < 4.78 is 70.2. The molecular weight excluding hydrogens is 409 g/mol. The summed E-state index contributed by atoms with van der Waals surface area (Å²) in [5.74, 6) is -0.0153. The highest BCUT2D eigenvalue weighted by Gasteiger charge is 2.31. The fraction of sp³-hybridized carbons (Fsp3) is 0.316. The quantitative estimate of drug-likeness (QED) is 0.669. The summed E-state index contributed by atoms with van der Waals surface area (Å²) in [5.41, 5.74) is 0.0932. The van der Waals surface area contributed by atoms with Gasteiger partial charge in [0.1, 0.15) is 5.75 Å². The van der Waals surface area contributed by atoms with Crippen LogP contribution < -0.4 is 14.8 Å². The van der Waals surface area contributed by atoms with Crippen molar-refractivity contribution in [2.45, 2.75) is 31.3 Å². The zero-order chi connectivity index (χ0) is 21.7. The monoisotopic (exact) mass is 430 g/mol. The van der Waals surface area contributed by atoms with Crippen molar-refractivity contribution in [1.82, 2.24) is 4.72 Å². The lowest BCUT2D eigenvalue weighted by Crippen LogP contribution is -2.33. The van der Waals surface area contributed by atoms with Gasteiger partial charge in [-0.15, -0.1) is 0 Å². The summed E-state index contributed by atoms with van der Waals surface area (Å²) in [6.45, 7) is 3.65. The molecule has 2 N–H and O–H groups in total. The molecule has 10 heteroatoms. The van der Waals surface area contributed by atoms with Crippen molar-refractivity contribution in [3.8, 4) is 5.75 Å². The maximum absolute atomic E-state index is 12.8. The molecule has 0 fully saturated rings. The average Bonchev–Trinajstić information content (AvgIpc) is 2.66. The van der Waals surface area contributed by atoms with Crippen molar-refractivity contribution in [1.29, 1.82) is 0 Å². The van der Waals surface area contributed by atoms with Gasteiger partial charge in [-0.2, -0.15) is 13.2 Å². The van der Waals surface area contributed by atoms with Crippen molar-refractivity contribution in [2.75, 3.05) is 18.5 Å². The summed E-state index contributed by atoms with van der Waals surface area (Å²) in [6, 6.07) is 8.32. The van der Waals surface area contributed by atoms with Crippen LogP contribution in [0.25, 0.3) is 0 Å². The first kappa shape index (κ1) is 22.7. The number of rotatable bonds is 8. The van der Waals surface area contributed by atoms with Gasteiger partial charge in [0.2, 0.25) is 15.9 Å². The predicted octanol–water partition coefficient (Wildman–Crippen LogP) is 3.72. The van der Waals surface area contributed by atoms with E-state index < -0.39 is 39.1 Å². The molecule has 1 amide bonds. The van der Waals surface area contributed by atoms with Crippen LogP contribution in [0.2, 0.25) is 0 Å². The SMILES string of the molecule is CCCOc1ccc(NC(=O)CNS(=O)(=O)c2cccc(C(F)(F)F)c2)c(C)c1. The Hall–Kier alpha value is -2.59.